The Hall–Kier alpha value is -1.56. The van der Waals surface area contributed by atoms with Crippen molar-refractivity contribution in [2.45, 2.75) is 31.2 Å². The summed E-state index contributed by atoms with van der Waals surface area (Å²) in [5.41, 5.74) is 5.39. The minimum Gasteiger partial charge on any atom is -0.480 e. The number of aromatic amines is 1. The Morgan fingerprint density at radius 2 is 2.33 bits per heavy atom. The molecule has 1 aromatic heterocycles. The van der Waals surface area contributed by atoms with E-state index in [4.69, 9.17) is 15.4 Å². The average Bonchev–Trinajstić information content (AvgIpc) is 2.95. The van der Waals surface area contributed by atoms with Crippen LogP contribution in [0.5, 0.6) is 0 Å². The highest BCUT2D eigenvalue weighted by Crippen LogP contribution is 2.40. The van der Waals surface area contributed by atoms with Crippen molar-refractivity contribution in [1.29, 1.82) is 0 Å². The van der Waals surface area contributed by atoms with E-state index in [0.29, 0.717) is 11.3 Å². The minimum absolute atomic E-state index is 0.0208. The fourth-order valence-electron chi connectivity index (χ4n) is 1.51. The van der Waals surface area contributed by atoms with Gasteiger partial charge in [-0.05, 0) is 12.8 Å². The minimum atomic E-state index is -1.11. The Morgan fingerprint density at radius 1 is 1.67 bits per heavy atom. The van der Waals surface area contributed by atoms with Crippen LogP contribution in [0.3, 0.4) is 0 Å². The molecule has 6 nitrogen and oxygen atoms in total. The molecule has 0 aliphatic heterocycles. The van der Waals surface area contributed by atoms with E-state index in [1.807, 2.05) is 0 Å². The van der Waals surface area contributed by atoms with E-state index >= 15 is 0 Å². The lowest BCUT2D eigenvalue weighted by atomic mass is 10.1. The van der Waals surface area contributed by atoms with Gasteiger partial charge in [-0.15, -0.1) is 0 Å². The molecule has 1 aromatic rings. The standard InChI is InChI=1S/C9H12N2O4/c10-6(9(13)14)3-5-7(4-1-2-4)15-11-8(5)12/h4,6H,1-3,10H2,(H,11,12)(H,13,14)/t6-/m0/s1. The van der Waals surface area contributed by atoms with Crippen molar-refractivity contribution in [1.82, 2.24) is 5.16 Å². The maximum Gasteiger partial charge on any atom is 0.320 e. The van der Waals surface area contributed by atoms with Gasteiger partial charge in [-0.25, -0.2) is 0 Å². The summed E-state index contributed by atoms with van der Waals surface area (Å²) in [6, 6.07) is -1.05. The van der Waals surface area contributed by atoms with E-state index in [-0.39, 0.29) is 17.9 Å². The van der Waals surface area contributed by atoms with Gasteiger partial charge in [-0.3, -0.25) is 9.59 Å². The van der Waals surface area contributed by atoms with Crippen molar-refractivity contribution in [2.75, 3.05) is 0 Å². The number of carboxylic acids is 1. The normalized spacial score (nSPS) is 17.7. The predicted molar refractivity (Wildman–Crippen MR) is 50.6 cm³/mol. The molecule has 0 aromatic carbocycles. The number of carbonyl (C=O) groups is 1. The second kappa shape index (κ2) is 3.54. The summed E-state index contributed by atoms with van der Waals surface area (Å²) in [5.74, 6) is -0.269. The zero-order valence-electron chi connectivity index (χ0n) is 8.03. The van der Waals surface area contributed by atoms with Crippen molar-refractivity contribution in [3.63, 3.8) is 0 Å². The Balaban J connectivity index is 2.22. The highest BCUT2D eigenvalue weighted by atomic mass is 16.5. The molecular weight excluding hydrogens is 200 g/mol. The van der Waals surface area contributed by atoms with E-state index in [9.17, 15) is 9.59 Å². The van der Waals surface area contributed by atoms with Crippen molar-refractivity contribution in [2.24, 2.45) is 5.73 Å². The summed E-state index contributed by atoms with van der Waals surface area (Å²) in [5, 5.41) is 10.9. The summed E-state index contributed by atoms with van der Waals surface area (Å²) < 4.78 is 5.01. The maximum atomic E-state index is 11.3. The third-order valence-electron chi connectivity index (χ3n) is 2.51. The van der Waals surface area contributed by atoms with Crippen LogP contribution in [-0.2, 0) is 11.2 Å². The van der Waals surface area contributed by atoms with Crippen LogP contribution in [0, 0.1) is 0 Å². The second-order valence-corrected chi connectivity index (χ2v) is 3.80. The number of rotatable bonds is 4. The Morgan fingerprint density at radius 3 is 2.87 bits per heavy atom. The molecule has 2 rings (SSSR count). The summed E-state index contributed by atoms with van der Waals surface area (Å²) in [6.45, 7) is 0. The molecule has 4 N–H and O–H groups in total. The number of H-pyrrole nitrogens is 1. The number of hydrogen-bond acceptors (Lipinski definition) is 4. The summed E-state index contributed by atoms with van der Waals surface area (Å²) in [6.07, 6.45) is 1.99. The molecule has 82 valence electrons. The zero-order chi connectivity index (χ0) is 11.0. The van der Waals surface area contributed by atoms with Gasteiger partial charge in [0.15, 0.2) is 0 Å². The van der Waals surface area contributed by atoms with Crippen molar-refractivity contribution < 1.29 is 14.4 Å². The molecule has 0 bridgehead atoms. The Kier molecular flexibility index (Phi) is 2.36. The number of carboxylic acid groups (broad SMARTS) is 1. The van der Waals surface area contributed by atoms with Crippen LogP contribution in [0.25, 0.3) is 0 Å². The van der Waals surface area contributed by atoms with E-state index in [2.05, 4.69) is 5.16 Å². The summed E-state index contributed by atoms with van der Waals surface area (Å²) in [7, 11) is 0. The SMILES string of the molecule is N[C@@H](Cc1c(C2CC2)o[nH]c1=O)C(=O)O. The van der Waals surface area contributed by atoms with Gasteiger partial charge in [-0.2, -0.15) is 5.16 Å². The average molecular weight is 212 g/mol. The smallest absolute Gasteiger partial charge is 0.320 e. The first-order valence-electron chi connectivity index (χ1n) is 4.78. The first-order chi connectivity index (χ1) is 7.09. The summed E-state index contributed by atoms with van der Waals surface area (Å²) >= 11 is 0. The Labute approximate surface area is 85.0 Å². The molecule has 0 amide bonds. The number of hydrogen-bond donors (Lipinski definition) is 3. The lowest BCUT2D eigenvalue weighted by molar-refractivity contribution is -0.138. The van der Waals surface area contributed by atoms with E-state index < -0.39 is 12.0 Å². The van der Waals surface area contributed by atoms with Crippen LogP contribution in [-0.4, -0.2) is 22.3 Å². The molecule has 1 atom stereocenters. The highest BCUT2D eigenvalue weighted by Gasteiger charge is 2.32. The van der Waals surface area contributed by atoms with Gasteiger partial charge in [0.1, 0.15) is 11.8 Å². The van der Waals surface area contributed by atoms with E-state index in [1.54, 1.807) is 0 Å². The lowest BCUT2D eigenvalue weighted by Crippen LogP contribution is -2.34. The third kappa shape index (κ3) is 1.94. The molecule has 1 saturated carbocycles. The van der Waals surface area contributed by atoms with Gasteiger partial charge in [0.25, 0.3) is 5.56 Å². The van der Waals surface area contributed by atoms with Gasteiger partial charge in [0.05, 0.1) is 5.56 Å². The number of aliphatic carboxylic acids is 1. The van der Waals surface area contributed by atoms with Crippen LogP contribution in [0.2, 0.25) is 0 Å². The topological polar surface area (TPSA) is 109 Å². The molecule has 1 heterocycles. The van der Waals surface area contributed by atoms with Gasteiger partial charge in [0, 0.05) is 12.3 Å². The van der Waals surface area contributed by atoms with E-state index in [0.717, 1.165) is 12.8 Å². The second-order valence-electron chi connectivity index (χ2n) is 3.80. The first-order valence-corrected chi connectivity index (χ1v) is 4.78. The molecule has 0 spiro atoms. The fourth-order valence-corrected chi connectivity index (χ4v) is 1.51. The molecule has 0 radical (unpaired) electrons. The molecule has 0 saturated heterocycles. The fraction of sp³-hybridized carbons (Fsp3) is 0.556. The first kappa shape index (κ1) is 9.97. The maximum absolute atomic E-state index is 11.3. The van der Waals surface area contributed by atoms with Gasteiger partial charge in [0.2, 0.25) is 0 Å². The molecule has 1 aliphatic carbocycles. The molecule has 0 unspecified atom stereocenters. The molecule has 6 heteroatoms. The number of nitrogens with two attached hydrogens (primary N) is 1. The van der Waals surface area contributed by atoms with Crippen molar-refractivity contribution >= 4 is 5.97 Å². The summed E-state index contributed by atoms with van der Waals surface area (Å²) in [4.78, 5) is 21.9. The molecule has 1 fully saturated rings. The van der Waals surface area contributed by atoms with Crippen LogP contribution in [0.15, 0.2) is 9.32 Å². The highest BCUT2D eigenvalue weighted by molar-refractivity contribution is 5.73. The number of nitrogens with one attached hydrogen (secondary N) is 1. The molecule has 1 aliphatic rings. The van der Waals surface area contributed by atoms with Crippen molar-refractivity contribution in [3.8, 4) is 0 Å². The molecular formula is C9H12N2O4. The monoisotopic (exact) mass is 212 g/mol. The third-order valence-corrected chi connectivity index (χ3v) is 2.51. The van der Waals surface area contributed by atoms with Gasteiger partial charge < -0.3 is 15.4 Å². The van der Waals surface area contributed by atoms with Crippen LogP contribution in [0.1, 0.15) is 30.1 Å². The predicted octanol–water partition coefficient (Wildman–Crippen LogP) is -0.200. The zero-order valence-corrected chi connectivity index (χ0v) is 8.03. The van der Waals surface area contributed by atoms with Crippen molar-refractivity contribution in [3.05, 3.63) is 21.7 Å². The van der Waals surface area contributed by atoms with E-state index in [1.165, 1.54) is 0 Å². The Bertz CT molecular complexity index is 430. The molecule has 15 heavy (non-hydrogen) atoms. The largest absolute Gasteiger partial charge is 0.480 e. The van der Waals surface area contributed by atoms with Gasteiger partial charge in [-0.1, -0.05) is 0 Å². The van der Waals surface area contributed by atoms with Crippen LogP contribution >= 0.6 is 0 Å². The lowest BCUT2D eigenvalue weighted by Gasteiger charge is -2.03. The quantitative estimate of drug-likeness (QED) is 0.640. The number of aromatic nitrogens is 1. The van der Waals surface area contributed by atoms with Crippen LogP contribution < -0.4 is 11.3 Å². The van der Waals surface area contributed by atoms with Crippen LogP contribution in [0.4, 0.5) is 0 Å². The van der Waals surface area contributed by atoms with Gasteiger partial charge >= 0.3 is 5.97 Å².